The molecular formula is C11H18N2O3. The van der Waals surface area contributed by atoms with Crippen LogP contribution < -0.4 is 16.0 Å². The molecule has 1 aromatic rings. The van der Waals surface area contributed by atoms with Gasteiger partial charge in [0.05, 0.1) is 13.2 Å². The lowest BCUT2D eigenvalue weighted by Gasteiger charge is -2.24. The molecule has 0 saturated carbocycles. The first-order valence-corrected chi connectivity index (χ1v) is 4.92. The summed E-state index contributed by atoms with van der Waals surface area (Å²) >= 11 is 0. The number of nitrogens with one attached hydrogen (secondary N) is 1. The van der Waals surface area contributed by atoms with E-state index >= 15 is 0 Å². The van der Waals surface area contributed by atoms with Crippen LogP contribution in [-0.4, -0.2) is 27.6 Å². The lowest BCUT2D eigenvalue weighted by atomic mass is 10.1. The number of nitrogens with two attached hydrogens (primary N) is 1. The molecule has 5 heteroatoms. The summed E-state index contributed by atoms with van der Waals surface area (Å²) in [6, 6.07) is 7.32. The van der Waals surface area contributed by atoms with Gasteiger partial charge in [-0.05, 0) is 17.7 Å². The molecule has 0 bridgehead atoms. The van der Waals surface area contributed by atoms with Crippen LogP contribution in [0.25, 0.3) is 0 Å². The fourth-order valence-electron chi connectivity index (χ4n) is 1.54. The summed E-state index contributed by atoms with van der Waals surface area (Å²) in [5, 5.41) is 0. The second-order valence-electron chi connectivity index (χ2n) is 3.26. The summed E-state index contributed by atoms with van der Waals surface area (Å²) in [5.41, 5.74) is 3.61. The molecule has 0 fully saturated rings. The van der Waals surface area contributed by atoms with Crippen molar-refractivity contribution in [1.82, 2.24) is 5.43 Å². The Morgan fingerprint density at radius 3 is 2.38 bits per heavy atom. The fraction of sp³-hybridized carbons (Fsp3) is 0.455. The van der Waals surface area contributed by atoms with Crippen molar-refractivity contribution in [3.63, 3.8) is 0 Å². The van der Waals surface area contributed by atoms with Gasteiger partial charge in [0.1, 0.15) is 5.75 Å². The Morgan fingerprint density at radius 2 is 1.88 bits per heavy atom. The van der Waals surface area contributed by atoms with E-state index in [1.807, 2.05) is 24.3 Å². The van der Waals surface area contributed by atoms with E-state index in [4.69, 9.17) is 20.1 Å². The van der Waals surface area contributed by atoms with E-state index in [1.165, 1.54) is 0 Å². The van der Waals surface area contributed by atoms with E-state index < -0.39 is 6.29 Å². The molecule has 0 saturated heterocycles. The van der Waals surface area contributed by atoms with Gasteiger partial charge in [0, 0.05) is 14.2 Å². The summed E-state index contributed by atoms with van der Waals surface area (Å²) in [4.78, 5) is 0. The maximum Gasteiger partial charge on any atom is 0.177 e. The first kappa shape index (κ1) is 12.9. The molecule has 0 aliphatic carbocycles. The van der Waals surface area contributed by atoms with Gasteiger partial charge in [-0.1, -0.05) is 12.1 Å². The van der Waals surface area contributed by atoms with Gasteiger partial charge in [-0.15, -0.1) is 0 Å². The van der Waals surface area contributed by atoms with Crippen molar-refractivity contribution in [2.45, 2.75) is 12.3 Å². The van der Waals surface area contributed by atoms with Gasteiger partial charge < -0.3 is 14.2 Å². The topological polar surface area (TPSA) is 65.7 Å². The third-order valence-corrected chi connectivity index (χ3v) is 2.37. The molecule has 0 aliphatic heterocycles. The molecule has 0 radical (unpaired) electrons. The third kappa shape index (κ3) is 2.93. The maximum absolute atomic E-state index is 5.50. The zero-order chi connectivity index (χ0) is 12.0. The number of hydrazine groups is 1. The average Bonchev–Trinajstić information content (AvgIpc) is 2.35. The fourth-order valence-corrected chi connectivity index (χ4v) is 1.54. The van der Waals surface area contributed by atoms with Crippen LogP contribution in [0, 0.1) is 0 Å². The predicted octanol–water partition coefficient (Wildman–Crippen LogP) is 0.818. The van der Waals surface area contributed by atoms with Gasteiger partial charge in [-0.25, -0.2) is 5.43 Å². The zero-order valence-electron chi connectivity index (χ0n) is 9.77. The number of hydrogen-bond acceptors (Lipinski definition) is 5. The maximum atomic E-state index is 5.50. The molecule has 0 aliphatic rings. The molecule has 1 atom stereocenters. The predicted molar refractivity (Wildman–Crippen MR) is 60.9 cm³/mol. The molecule has 16 heavy (non-hydrogen) atoms. The summed E-state index contributed by atoms with van der Waals surface area (Å²) < 4.78 is 15.5. The highest BCUT2D eigenvalue weighted by atomic mass is 16.7. The molecule has 1 rings (SSSR count). The molecule has 1 aromatic carbocycles. The zero-order valence-corrected chi connectivity index (χ0v) is 9.77. The highest BCUT2D eigenvalue weighted by molar-refractivity contribution is 5.30. The molecule has 0 spiro atoms. The Bertz CT molecular complexity index is 316. The van der Waals surface area contributed by atoms with E-state index in [0.29, 0.717) is 0 Å². The molecular weight excluding hydrogens is 208 g/mol. The van der Waals surface area contributed by atoms with Crippen molar-refractivity contribution in [3.05, 3.63) is 29.8 Å². The normalized spacial score (nSPS) is 12.8. The van der Waals surface area contributed by atoms with Gasteiger partial charge in [0.25, 0.3) is 0 Å². The summed E-state index contributed by atoms with van der Waals surface area (Å²) in [5.74, 6) is 6.26. The first-order chi connectivity index (χ1) is 7.76. The summed E-state index contributed by atoms with van der Waals surface area (Å²) in [6.45, 7) is 0. The second kappa shape index (κ2) is 6.44. The van der Waals surface area contributed by atoms with Gasteiger partial charge >= 0.3 is 0 Å². The minimum atomic E-state index is -0.447. The number of methoxy groups -OCH3 is 3. The van der Waals surface area contributed by atoms with Crippen LogP contribution in [0.5, 0.6) is 5.75 Å². The molecule has 5 nitrogen and oxygen atoms in total. The quantitative estimate of drug-likeness (QED) is 0.427. The van der Waals surface area contributed by atoms with Crippen LogP contribution in [0.3, 0.4) is 0 Å². The lowest BCUT2D eigenvalue weighted by Crippen LogP contribution is -2.38. The summed E-state index contributed by atoms with van der Waals surface area (Å²) in [7, 11) is 4.76. The largest absolute Gasteiger partial charge is 0.497 e. The molecule has 0 heterocycles. The van der Waals surface area contributed by atoms with Crippen LogP contribution in [-0.2, 0) is 9.47 Å². The molecule has 0 amide bonds. The van der Waals surface area contributed by atoms with Gasteiger partial charge in [-0.3, -0.25) is 5.84 Å². The Hall–Kier alpha value is -1.14. The molecule has 90 valence electrons. The molecule has 1 unspecified atom stereocenters. The van der Waals surface area contributed by atoms with Crippen molar-refractivity contribution < 1.29 is 14.2 Å². The second-order valence-corrected chi connectivity index (χ2v) is 3.26. The van der Waals surface area contributed by atoms with Crippen molar-refractivity contribution in [2.24, 2.45) is 5.84 Å². The standard InChI is InChI=1S/C11H18N2O3/c1-14-9-6-4-5-8(7-9)10(13-12)11(15-2)16-3/h4-7,10-11,13H,12H2,1-3H3. The van der Waals surface area contributed by atoms with Crippen LogP contribution in [0.1, 0.15) is 11.6 Å². The average molecular weight is 226 g/mol. The van der Waals surface area contributed by atoms with Crippen LogP contribution in [0.4, 0.5) is 0 Å². The molecule has 3 N–H and O–H groups in total. The number of benzene rings is 1. The Morgan fingerprint density at radius 1 is 1.19 bits per heavy atom. The number of rotatable bonds is 6. The molecule has 0 aromatic heterocycles. The van der Waals surface area contributed by atoms with E-state index in [-0.39, 0.29) is 6.04 Å². The highest BCUT2D eigenvalue weighted by Gasteiger charge is 2.21. The Kier molecular flexibility index (Phi) is 5.21. The van der Waals surface area contributed by atoms with E-state index in [0.717, 1.165) is 11.3 Å². The summed E-state index contributed by atoms with van der Waals surface area (Å²) in [6.07, 6.45) is -0.447. The van der Waals surface area contributed by atoms with Gasteiger partial charge in [0.2, 0.25) is 0 Å². The third-order valence-electron chi connectivity index (χ3n) is 2.37. The number of ether oxygens (including phenoxy) is 3. The first-order valence-electron chi connectivity index (χ1n) is 4.92. The Labute approximate surface area is 95.5 Å². The minimum Gasteiger partial charge on any atom is -0.497 e. The SMILES string of the molecule is COc1cccc(C(NN)C(OC)OC)c1. The van der Waals surface area contributed by atoms with Gasteiger partial charge in [0.15, 0.2) is 6.29 Å². The lowest BCUT2D eigenvalue weighted by molar-refractivity contribution is -0.124. The van der Waals surface area contributed by atoms with Crippen molar-refractivity contribution in [1.29, 1.82) is 0 Å². The van der Waals surface area contributed by atoms with E-state index in [9.17, 15) is 0 Å². The van der Waals surface area contributed by atoms with Crippen LogP contribution in [0.15, 0.2) is 24.3 Å². The highest BCUT2D eigenvalue weighted by Crippen LogP contribution is 2.22. The van der Waals surface area contributed by atoms with E-state index in [1.54, 1.807) is 21.3 Å². The monoisotopic (exact) mass is 226 g/mol. The van der Waals surface area contributed by atoms with Crippen LogP contribution in [0.2, 0.25) is 0 Å². The van der Waals surface area contributed by atoms with Crippen LogP contribution >= 0.6 is 0 Å². The van der Waals surface area contributed by atoms with Gasteiger partial charge in [-0.2, -0.15) is 0 Å². The number of hydrogen-bond donors (Lipinski definition) is 2. The Balaban J connectivity index is 2.93. The van der Waals surface area contributed by atoms with Crippen molar-refractivity contribution in [2.75, 3.05) is 21.3 Å². The van der Waals surface area contributed by atoms with Crippen molar-refractivity contribution in [3.8, 4) is 5.75 Å². The smallest absolute Gasteiger partial charge is 0.177 e. The van der Waals surface area contributed by atoms with Crippen molar-refractivity contribution >= 4 is 0 Å². The van der Waals surface area contributed by atoms with E-state index in [2.05, 4.69) is 5.43 Å². The minimum absolute atomic E-state index is 0.245.